The van der Waals surface area contributed by atoms with Gasteiger partial charge in [-0.1, -0.05) is 12.1 Å². The average Bonchev–Trinajstić information content (AvgIpc) is 2.32. The number of hydrogen-bond acceptors (Lipinski definition) is 5. The van der Waals surface area contributed by atoms with Gasteiger partial charge in [0.15, 0.2) is 11.5 Å². The van der Waals surface area contributed by atoms with E-state index in [4.69, 9.17) is 14.7 Å². The molecule has 0 unspecified atom stereocenters. The third-order valence-electron chi connectivity index (χ3n) is 2.29. The van der Waals surface area contributed by atoms with Gasteiger partial charge in [0.1, 0.15) is 0 Å². The van der Waals surface area contributed by atoms with Crippen LogP contribution >= 0.6 is 0 Å². The van der Waals surface area contributed by atoms with Crippen LogP contribution in [0, 0.1) is 0 Å². The minimum Gasteiger partial charge on any atom is -0.504 e. The lowest BCUT2D eigenvalue weighted by Crippen LogP contribution is -2.01. The van der Waals surface area contributed by atoms with Crippen LogP contribution in [0.4, 0.5) is 0 Å². The van der Waals surface area contributed by atoms with E-state index in [0.717, 1.165) is 0 Å². The lowest BCUT2D eigenvalue weighted by molar-refractivity contribution is 0.317. The Balaban J connectivity index is 3.34. The lowest BCUT2D eigenvalue weighted by Gasteiger charge is -2.12. The Morgan fingerprint density at radius 3 is 2.44 bits per heavy atom. The second-order valence-electron chi connectivity index (χ2n) is 3.10. The predicted molar refractivity (Wildman–Crippen MR) is 59.8 cm³/mol. The van der Waals surface area contributed by atoms with Crippen LogP contribution in [0.2, 0.25) is 0 Å². The van der Waals surface area contributed by atoms with Crippen LogP contribution in [-0.4, -0.2) is 30.2 Å². The summed E-state index contributed by atoms with van der Waals surface area (Å²) in [6.45, 7) is 1.82. The van der Waals surface area contributed by atoms with Gasteiger partial charge in [0.25, 0.3) is 0 Å². The molecule has 0 bridgehead atoms. The van der Waals surface area contributed by atoms with Crippen molar-refractivity contribution in [2.75, 3.05) is 14.2 Å². The van der Waals surface area contributed by atoms with Crippen LogP contribution < -0.4 is 9.47 Å². The summed E-state index contributed by atoms with van der Waals surface area (Å²) in [5.41, 5.74) is 0.820. The Bertz CT molecular complexity index is 401. The van der Waals surface area contributed by atoms with Crippen molar-refractivity contribution in [2.45, 2.75) is 13.3 Å². The van der Waals surface area contributed by atoms with Gasteiger partial charge in [-0.2, -0.15) is 0 Å². The van der Waals surface area contributed by atoms with Crippen molar-refractivity contribution in [1.82, 2.24) is 0 Å². The van der Waals surface area contributed by atoms with Crippen LogP contribution in [-0.2, 0) is 0 Å². The summed E-state index contributed by atoms with van der Waals surface area (Å²) < 4.78 is 10.1. The highest BCUT2D eigenvalue weighted by molar-refractivity contribution is 6.03. The number of nitrogens with zero attached hydrogens (tertiary/aromatic N) is 1. The Hall–Kier alpha value is -1.91. The van der Waals surface area contributed by atoms with E-state index in [1.165, 1.54) is 14.2 Å². The molecule has 1 rings (SSSR count). The number of ether oxygens (including phenoxy) is 2. The Morgan fingerprint density at radius 1 is 1.31 bits per heavy atom. The molecule has 2 N–H and O–H groups in total. The zero-order chi connectivity index (χ0) is 12.1. The summed E-state index contributed by atoms with van der Waals surface area (Å²) >= 11 is 0. The molecule has 0 radical (unpaired) electrons. The maximum Gasteiger partial charge on any atom is 0.203 e. The van der Waals surface area contributed by atoms with Crippen molar-refractivity contribution >= 4 is 5.71 Å². The first-order chi connectivity index (χ1) is 7.69. The van der Waals surface area contributed by atoms with E-state index >= 15 is 0 Å². The highest BCUT2D eigenvalue weighted by atomic mass is 16.5. The number of hydrogen-bond donors (Lipinski definition) is 2. The Morgan fingerprint density at radius 2 is 2.00 bits per heavy atom. The second-order valence-corrected chi connectivity index (χ2v) is 3.10. The van der Waals surface area contributed by atoms with Gasteiger partial charge in [0.2, 0.25) is 5.75 Å². The molecule has 0 aliphatic carbocycles. The summed E-state index contributed by atoms with van der Waals surface area (Å²) in [6.07, 6.45) is 0.500. The van der Waals surface area contributed by atoms with Crippen LogP contribution in [0.5, 0.6) is 17.2 Å². The maximum atomic E-state index is 9.94. The summed E-state index contributed by atoms with van der Waals surface area (Å²) in [4.78, 5) is 0. The first-order valence-corrected chi connectivity index (χ1v) is 4.84. The molecule has 0 aromatic heterocycles. The third kappa shape index (κ3) is 2.03. The first kappa shape index (κ1) is 12.2. The van der Waals surface area contributed by atoms with Crippen LogP contribution in [0.3, 0.4) is 0 Å². The smallest absolute Gasteiger partial charge is 0.203 e. The van der Waals surface area contributed by atoms with Crippen molar-refractivity contribution < 1.29 is 19.8 Å². The number of oxime groups is 1. The molecule has 88 valence electrons. The van der Waals surface area contributed by atoms with E-state index in [0.29, 0.717) is 23.4 Å². The first-order valence-electron chi connectivity index (χ1n) is 4.84. The summed E-state index contributed by atoms with van der Waals surface area (Å²) in [6, 6.07) is 3.27. The molecule has 0 aliphatic heterocycles. The van der Waals surface area contributed by atoms with Gasteiger partial charge < -0.3 is 19.8 Å². The molecule has 5 nitrogen and oxygen atoms in total. The van der Waals surface area contributed by atoms with Gasteiger partial charge in [-0.3, -0.25) is 0 Å². The van der Waals surface area contributed by atoms with Crippen LogP contribution in [0.25, 0.3) is 0 Å². The summed E-state index contributed by atoms with van der Waals surface area (Å²) in [7, 11) is 2.92. The highest BCUT2D eigenvalue weighted by Crippen LogP contribution is 2.39. The van der Waals surface area contributed by atoms with E-state index in [1.54, 1.807) is 12.1 Å². The molecular weight excluding hydrogens is 210 g/mol. The monoisotopic (exact) mass is 225 g/mol. The van der Waals surface area contributed by atoms with Gasteiger partial charge in [0, 0.05) is 5.56 Å². The summed E-state index contributed by atoms with van der Waals surface area (Å²) in [5.74, 6) is 0.572. The number of phenolic OH excluding ortho intramolecular Hbond substituents is 1. The van der Waals surface area contributed by atoms with E-state index in [9.17, 15) is 5.11 Å². The van der Waals surface area contributed by atoms with Crippen molar-refractivity contribution in [3.8, 4) is 17.2 Å². The molecule has 16 heavy (non-hydrogen) atoms. The van der Waals surface area contributed by atoms with E-state index in [2.05, 4.69) is 5.16 Å². The number of benzene rings is 1. The zero-order valence-corrected chi connectivity index (χ0v) is 9.52. The third-order valence-corrected chi connectivity index (χ3v) is 2.29. The molecular formula is C11H15NO4. The average molecular weight is 225 g/mol. The molecule has 0 fully saturated rings. The van der Waals surface area contributed by atoms with Gasteiger partial charge in [-0.15, -0.1) is 0 Å². The van der Waals surface area contributed by atoms with Crippen molar-refractivity contribution in [3.63, 3.8) is 0 Å². The van der Waals surface area contributed by atoms with Crippen molar-refractivity contribution in [1.29, 1.82) is 0 Å². The minimum absolute atomic E-state index is 0.0866. The van der Waals surface area contributed by atoms with Gasteiger partial charge >= 0.3 is 0 Å². The fourth-order valence-corrected chi connectivity index (χ4v) is 1.46. The molecule has 0 saturated carbocycles. The SMILES string of the molecule is CCC(=NO)c1ccc(OC)c(OC)c1O. The molecule has 5 heteroatoms. The van der Waals surface area contributed by atoms with Crippen molar-refractivity contribution in [3.05, 3.63) is 17.7 Å². The second kappa shape index (κ2) is 5.25. The molecule has 0 aliphatic rings. The normalized spacial score (nSPS) is 11.3. The van der Waals surface area contributed by atoms with Crippen molar-refractivity contribution in [2.24, 2.45) is 5.16 Å². The summed E-state index contributed by atoms with van der Waals surface area (Å²) in [5, 5.41) is 21.9. The fourth-order valence-electron chi connectivity index (χ4n) is 1.46. The van der Waals surface area contributed by atoms with Gasteiger partial charge in [-0.25, -0.2) is 0 Å². The lowest BCUT2D eigenvalue weighted by atomic mass is 10.1. The minimum atomic E-state index is -0.0866. The molecule has 0 heterocycles. The van der Waals surface area contributed by atoms with Crippen LogP contribution in [0.1, 0.15) is 18.9 Å². The molecule has 0 spiro atoms. The number of aromatic hydroxyl groups is 1. The maximum absolute atomic E-state index is 9.94. The highest BCUT2D eigenvalue weighted by Gasteiger charge is 2.16. The molecule has 0 atom stereocenters. The Labute approximate surface area is 93.9 Å². The number of phenols is 1. The number of rotatable bonds is 4. The zero-order valence-electron chi connectivity index (χ0n) is 9.52. The van der Waals surface area contributed by atoms with Gasteiger partial charge in [0.05, 0.1) is 19.9 Å². The quantitative estimate of drug-likeness (QED) is 0.467. The largest absolute Gasteiger partial charge is 0.504 e. The van der Waals surface area contributed by atoms with E-state index in [-0.39, 0.29) is 11.5 Å². The molecule has 1 aromatic rings. The standard InChI is InChI=1S/C11H15NO4/c1-4-8(12-14)7-5-6-9(15-2)11(16-3)10(7)13/h5-6,13-14H,4H2,1-3H3. The van der Waals surface area contributed by atoms with Crippen LogP contribution in [0.15, 0.2) is 17.3 Å². The van der Waals surface area contributed by atoms with E-state index in [1.807, 2.05) is 6.92 Å². The molecule has 1 aromatic carbocycles. The molecule has 0 amide bonds. The van der Waals surface area contributed by atoms with Gasteiger partial charge in [-0.05, 0) is 18.6 Å². The van der Waals surface area contributed by atoms with E-state index < -0.39 is 0 Å². The predicted octanol–water partition coefficient (Wildman–Crippen LogP) is 2.00. The molecule has 0 saturated heterocycles. The topological polar surface area (TPSA) is 71.3 Å². The Kier molecular flexibility index (Phi) is 3.99. The fraction of sp³-hybridized carbons (Fsp3) is 0.364. The number of methoxy groups -OCH3 is 2.